The van der Waals surface area contributed by atoms with Crippen LogP contribution in [0.2, 0.25) is 0 Å². The summed E-state index contributed by atoms with van der Waals surface area (Å²) in [5, 5.41) is 13.5. The van der Waals surface area contributed by atoms with Crippen LogP contribution in [0.4, 0.5) is 5.95 Å². The van der Waals surface area contributed by atoms with Gasteiger partial charge in [-0.2, -0.15) is 4.98 Å². The molecule has 4 aromatic rings. The molecule has 2 aromatic heterocycles. The van der Waals surface area contributed by atoms with Crippen molar-refractivity contribution in [3.63, 3.8) is 0 Å². The third kappa shape index (κ3) is 3.95. The lowest BCUT2D eigenvalue weighted by Crippen LogP contribution is -2.43. The maximum atomic E-state index is 9.54. The Labute approximate surface area is 187 Å². The molecule has 0 spiro atoms. The van der Waals surface area contributed by atoms with Crippen molar-refractivity contribution in [3.05, 3.63) is 72.4 Å². The van der Waals surface area contributed by atoms with Crippen LogP contribution in [0.15, 0.2) is 66.9 Å². The summed E-state index contributed by atoms with van der Waals surface area (Å²) in [4.78, 5) is 13.9. The van der Waals surface area contributed by atoms with E-state index in [1.165, 1.54) is 12.0 Å². The van der Waals surface area contributed by atoms with Crippen LogP contribution in [0.5, 0.6) is 0 Å². The fourth-order valence-corrected chi connectivity index (χ4v) is 4.15. The molecule has 2 heterocycles. The summed E-state index contributed by atoms with van der Waals surface area (Å²) < 4.78 is 0. The predicted octanol–water partition coefficient (Wildman–Crippen LogP) is 4.49. The van der Waals surface area contributed by atoms with Crippen molar-refractivity contribution in [1.82, 2.24) is 15.0 Å². The summed E-state index contributed by atoms with van der Waals surface area (Å²) in [7, 11) is 0. The molecular formula is C26H27N5O. The third-order valence-corrected chi connectivity index (χ3v) is 6.19. The molecule has 2 aromatic carbocycles. The van der Waals surface area contributed by atoms with Gasteiger partial charge in [0.15, 0.2) is 5.65 Å². The van der Waals surface area contributed by atoms with Gasteiger partial charge < -0.3 is 16.2 Å². The zero-order chi connectivity index (χ0) is 22.1. The molecular weight excluding hydrogens is 398 g/mol. The minimum atomic E-state index is -0.488. The number of pyridine rings is 1. The number of hydrogen-bond acceptors (Lipinski definition) is 6. The van der Waals surface area contributed by atoms with Crippen molar-refractivity contribution in [2.75, 3.05) is 11.9 Å². The lowest BCUT2D eigenvalue weighted by molar-refractivity contribution is 0.208. The quantitative estimate of drug-likeness (QED) is 0.421. The number of fused-ring (bicyclic) bond motifs is 1. The topological polar surface area (TPSA) is 97.0 Å². The van der Waals surface area contributed by atoms with Gasteiger partial charge in [0.2, 0.25) is 5.95 Å². The summed E-state index contributed by atoms with van der Waals surface area (Å²) in [6, 6.07) is 20.8. The standard InChI is InChI=1S/C26H27N5O/c1-17(32)15-28-25-29-16-20-14-22(18-6-3-2-4-7-18)23(30-24(20)31-25)19-8-10-21(11-9-19)26(27)12-5-13-26/h2-4,6-11,14,16-17,32H,5,12-13,15,27H2,1H3,(H,28,29,30,31). The number of aliphatic hydroxyl groups excluding tert-OH is 1. The first-order chi connectivity index (χ1) is 15.5. The molecule has 32 heavy (non-hydrogen) atoms. The van der Waals surface area contributed by atoms with Crippen LogP contribution in [-0.4, -0.2) is 32.7 Å². The fourth-order valence-electron chi connectivity index (χ4n) is 4.15. The van der Waals surface area contributed by atoms with Gasteiger partial charge in [-0.25, -0.2) is 9.97 Å². The van der Waals surface area contributed by atoms with E-state index in [1.54, 1.807) is 13.1 Å². The minimum absolute atomic E-state index is 0.185. The Morgan fingerprint density at radius 2 is 1.78 bits per heavy atom. The van der Waals surface area contributed by atoms with Gasteiger partial charge in [0.25, 0.3) is 0 Å². The Balaban J connectivity index is 1.60. The van der Waals surface area contributed by atoms with Crippen LogP contribution in [0.1, 0.15) is 31.7 Å². The molecule has 1 atom stereocenters. The number of rotatable bonds is 6. The average molecular weight is 426 g/mol. The lowest BCUT2D eigenvalue weighted by Gasteiger charge is -2.38. The Kier molecular flexibility index (Phi) is 5.33. The highest BCUT2D eigenvalue weighted by molar-refractivity contribution is 5.90. The maximum Gasteiger partial charge on any atom is 0.224 e. The molecule has 0 saturated heterocycles. The Morgan fingerprint density at radius 3 is 2.44 bits per heavy atom. The van der Waals surface area contributed by atoms with E-state index in [9.17, 15) is 5.11 Å². The van der Waals surface area contributed by atoms with E-state index in [0.29, 0.717) is 18.1 Å². The van der Waals surface area contributed by atoms with Crippen molar-refractivity contribution < 1.29 is 5.11 Å². The Morgan fingerprint density at radius 1 is 1.03 bits per heavy atom. The molecule has 0 amide bonds. The molecule has 1 fully saturated rings. The first-order valence-electron chi connectivity index (χ1n) is 11.1. The van der Waals surface area contributed by atoms with Gasteiger partial charge in [0.1, 0.15) is 0 Å². The van der Waals surface area contributed by atoms with Gasteiger partial charge in [-0.15, -0.1) is 0 Å². The highest BCUT2D eigenvalue weighted by Crippen LogP contribution is 2.40. The average Bonchev–Trinajstić information content (AvgIpc) is 2.81. The minimum Gasteiger partial charge on any atom is -0.392 e. The van der Waals surface area contributed by atoms with Crippen LogP contribution in [0.25, 0.3) is 33.4 Å². The summed E-state index contributed by atoms with van der Waals surface area (Å²) >= 11 is 0. The van der Waals surface area contributed by atoms with E-state index in [4.69, 9.17) is 10.7 Å². The fraction of sp³-hybridized carbons (Fsp3) is 0.269. The van der Waals surface area contributed by atoms with Crippen molar-refractivity contribution in [2.45, 2.75) is 37.8 Å². The number of aliphatic hydroxyl groups is 1. The number of nitrogens with one attached hydrogen (secondary N) is 1. The van der Waals surface area contributed by atoms with E-state index >= 15 is 0 Å². The highest BCUT2D eigenvalue weighted by Gasteiger charge is 2.34. The number of hydrogen-bond donors (Lipinski definition) is 3. The second-order valence-corrected chi connectivity index (χ2v) is 8.67. The SMILES string of the molecule is CC(O)CNc1ncc2cc(-c3ccccc3)c(-c3ccc(C4(N)CCC4)cc3)nc2n1. The number of aromatic nitrogens is 3. The first kappa shape index (κ1) is 20.5. The van der Waals surface area contributed by atoms with Gasteiger partial charge in [0.05, 0.1) is 11.8 Å². The Bertz CT molecular complexity index is 1230. The number of benzene rings is 2. The zero-order valence-corrected chi connectivity index (χ0v) is 18.1. The molecule has 0 radical (unpaired) electrons. The van der Waals surface area contributed by atoms with E-state index in [-0.39, 0.29) is 5.54 Å². The Hall–Kier alpha value is -3.35. The molecule has 6 nitrogen and oxygen atoms in total. The molecule has 4 N–H and O–H groups in total. The van der Waals surface area contributed by atoms with Gasteiger partial charge in [-0.3, -0.25) is 0 Å². The van der Waals surface area contributed by atoms with Crippen molar-refractivity contribution in [2.24, 2.45) is 5.73 Å². The second kappa shape index (κ2) is 8.30. The van der Waals surface area contributed by atoms with Crippen molar-refractivity contribution in [1.29, 1.82) is 0 Å². The van der Waals surface area contributed by atoms with Gasteiger partial charge in [-0.05, 0) is 43.4 Å². The first-order valence-corrected chi connectivity index (χ1v) is 11.1. The number of nitrogens with two attached hydrogens (primary N) is 1. The molecule has 0 aliphatic heterocycles. The van der Waals surface area contributed by atoms with Crippen molar-refractivity contribution in [3.8, 4) is 22.4 Å². The van der Waals surface area contributed by atoms with E-state index in [2.05, 4.69) is 57.7 Å². The monoisotopic (exact) mass is 425 g/mol. The van der Waals surface area contributed by atoms with E-state index < -0.39 is 6.10 Å². The van der Waals surface area contributed by atoms with Gasteiger partial charge >= 0.3 is 0 Å². The molecule has 1 aliphatic carbocycles. The largest absolute Gasteiger partial charge is 0.392 e. The highest BCUT2D eigenvalue weighted by atomic mass is 16.3. The smallest absolute Gasteiger partial charge is 0.224 e. The summed E-state index contributed by atoms with van der Waals surface area (Å²) in [6.07, 6.45) is 4.55. The molecule has 1 aliphatic rings. The van der Waals surface area contributed by atoms with Crippen LogP contribution in [-0.2, 0) is 5.54 Å². The van der Waals surface area contributed by atoms with Crippen LogP contribution in [0.3, 0.4) is 0 Å². The molecule has 0 bridgehead atoms. The van der Waals surface area contributed by atoms with Crippen molar-refractivity contribution >= 4 is 17.0 Å². The zero-order valence-electron chi connectivity index (χ0n) is 18.1. The van der Waals surface area contributed by atoms with Gasteiger partial charge in [-0.1, -0.05) is 54.6 Å². The second-order valence-electron chi connectivity index (χ2n) is 8.67. The predicted molar refractivity (Wildman–Crippen MR) is 128 cm³/mol. The maximum absolute atomic E-state index is 9.54. The summed E-state index contributed by atoms with van der Waals surface area (Å²) in [5.41, 5.74) is 12.1. The molecule has 1 saturated carbocycles. The number of nitrogens with zero attached hydrogens (tertiary/aromatic N) is 3. The number of anilines is 1. The molecule has 1 unspecified atom stereocenters. The van der Waals surface area contributed by atoms with E-state index in [0.717, 1.165) is 40.6 Å². The third-order valence-electron chi connectivity index (χ3n) is 6.19. The summed E-state index contributed by atoms with van der Waals surface area (Å²) in [5.74, 6) is 0.453. The molecule has 6 heteroatoms. The van der Waals surface area contributed by atoms with Gasteiger partial charge in [0, 0.05) is 34.8 Å². The molecule has 5 rings (SSSR count). The van der Waals surface area contributed by atoms with Crippen LogP contribution >= 0.6 is 0 Å². The summed E-state index contributed by atoms with van der Waals surface area (Å²) in [6.45, 7) is 2.10. The molecule has 162 valence electrons. The van der Waals surface area contributed by atoms with Crippen LogP contribution in [0, 0.1) is 0 Å². The normalized spacial score (nSPS) is 15.8. The lowest BCUT2D eigenvalue weighted by atomic mass is 9.72. The van der Waals surface area contributed by atoms with Crippen LogP contribution < -0.4 is 11.1 Å². The van der Waals surface area contributed by atoms with E-state index in [1.807, 2.05) is 18.2 Å².